The lowest BCUT2D eigenvalue weighted by atomic mass is 9.61. The molecular formula is C17H25BrClNO2. The maximum absolute atomic E-state index is 9.87. The van der Waals surface area contributed by atoms with Crippen LogP contribution in [0.1, 0.15) is 46.0 Å². The van der Waals surface area contributed by atoms with Gasteiger partial charge in [-0.05, 0) is 67.2 Å². The van der Waals surface area contributed by atoms with Gasteiger partial charge in [0, 0.05) is 23.7 Å². The summed E-state index contributed by atoms with van der Waals surface area (Å²) in [5, 5.41) is 9.87. The fourth-order valence-corrected chi connectivity index (χ4v) is 4.70. The summed E-state index contributed by atoms with van der Waals surface area (Å²) in [6, 6.07) is 6.08. The van der Waals surface area contributed by atoms with E-state index in [4.69, 9.17) is 13.2 Å². The Morgan fingerprint density at radius 3 is 2.73 bits per heavy atom. The van der Waals surface area contributed by atoms with Gasteiger partial charge in [0.25, 0.3) is 0 Å². The normalized spacial score (nSPS) is 35.5. The van der Waals surface area contributed by atoms with Crippen LogP contribution in [-0.2, 0) is 16.7 Å². The van der Waals surface area contributed by atoms with E-state index in [0.717, 1.165) is 42.1 Å². The molecule has 1 fully saturated rings. The lowest BCUT2D eigenvalue weighted by Crippen LogP contribution is -2.52. The molecule has 2 aliphatic rings. The van der Waals surface area contributed by atoms with Gasteiger partial charge < -0.3 is 15.6 Å². The van der Waals surface area contributed by atoms with Gasteiger partial charge in [0.1, 0.15) is 0 Å². The smallest absolute Gasteiger partial charge is 0.0571 e. The van der Waals surface area contributed by atoms with E-state index in [2.05, 4.69) is 22.0 Å². The molecule has 0 bridgehead atoms. The van der Waals surface area contributed by atoms with Crippen LogP contribution in [0, 0.1) is 5.41 Å². The third-order valence-electron chi connectivity index (χ3n) is 5.61. The predicted octanol–water partition coefficient (Wildman–Crippen LogP) is 3.54. The van der Waals surface area contributed by atoms with E-state index in [1.807, 2.05) is 12.1 Å². The second kappa shape index (κ2) is 6.78. The highest BCUT2D eigenvalue weighted by Gasteiger charge is 2.55. The van der Waals surface area contributed by atoms with Gasteiger partial charge in [0.2, 0.25) is 0 Å². The lowest BCUT2D eigenvalue weighted by Gasteiger charge is -2.48. The molecular weight excluding hydrogens is 366 g/mol. The number of halogens is 2. The summed E-state index contributed by atoms with van der Waals surface area (Å²) in [7, 11) is 1.74. The van der Waals surface area contributed by atoms with Crippen LogP contribution in [0.4, 0.5) is 0 Å². The summed E-state index contributed by atoms with van der Waals surface area (Å²) in [6.07, 6.45) is 4.67. The van der Waals surface area contributed by atoms with Crippen molar-refractivity contribution in [1.29, 1.82) is 0 Å². The summed E-state index contributed by atoms with van der Waals surface area (Å²) < 4.78 is 21.8. The number of methoxy groups -OCH3 is 1. The van der Waals surface area contributed by atoms with Gasteiger partial charge in [-0.15, -0.1) is 12.4 Å². The first kappa shape index (κ1) is 15.4. The van der Waals surface area contributed by atoms with Crippen LogP contribution in [0.15, 0.2) is 22.7 Å². The molecule has 1 unspecified atom stereocenters. The highest BCUT2D eigenvalue weighted by Crippen LogP contribution is 2.58. The number of hydrogen-bond donors (Lipinski definition) is 2. The Morgan fingerprint density at radius 1 is 1.45 bits per heavy atom. The third kappa shape index (κ3) is 2.73. The molecule has 1 spiro atoms. The van der Waals surface area contributed by atoms with Crippen LogP contribution in [0.5, 0.6) is 0 Å². The van der Waals surface area contributed by atoms with Crippen molar-refractivity contribution in [1.82, 2.24) is 0 Å². The average molecular weight is 393 g/mol. The van der Waals surface area contributed by atoms with E-state index in [9.17, 15) is 5.11 Å². The quantitative estimate of drug-likeness (QED) is 0.827. The summed E-state index contributed by atoms with van der Waals surface area (Å²) >= 11 is 3.50. The zero-order chi connectivity index (χ0) is 16.9. The maximum Gasteiger partial charge on any atom is 0.0571 e. The first-order chi connectivity index (χ1) is 10.7. The van der Waals surface area contributed by atoms with Crippen LogP contribution in [0.3, 0.4) is 0 Å². The highest BCUT2D eigenvalue weighted by atomic mass is 79.9. The van der Waals surface area contributed by atoms with E-state index in [0.29, 0.717) is 0 Å². The number of benzene rings is 1. The molecule has 3 rings (SSSR count). The molecule has 0 aliphatic heterocycles. The lowest BCUT2D eigenvalue weighted by molar-refractivity contribution is -0.0106. The molecule has 2 aliphatic carbocycles. The van der Waals surface area contributed by atoms with Crippen molar-refractivity contribution in [3.63, 3.8) is 0 Å². The van der Waals surface area contributed by atoms with Gasteiger partial charge >= 0.3 is 0 Å². The third-order valence-corrected chi connectivity index (χ3v) is 6.10. The van der Waals surface area contributed by atoms with E-state index in [-0.39, 0.29) is 30.3 Å². The van der Waals surface area contributed by atoms with Gasteiger partial charge in [-0.1, -0.05) is 22.0 Å². The molecule has 1 saturated carbocycles. The molecule has 1 aromatic carbocycles. The topological polar surface area (TPSA) is 55.5 Å². The molecule has 3 N–H and O–H groups in total. The molecule has 1 atom stereocenters. The molecule has 0 amide bonds. The fraction of sp³-hybridized carbons (Fsp3) is 0.647. The average Bonchev–Trinajstić information content (AvgIpc) is 2.68. The van der Waals surface area contributed by atoms with Crippen LogP contribution in [-0.4, -0.2) is 24.9 Å². The zero-order valence-electron chi connectivity index (χ0n) is 14.8. The minimum Gasteiger partial charge on any atom is -0.396 e. The van der Waals surface area contributed by atoms with Gasteiger partial charge in [0.05, 0.1) is 8.85 Å². The molecule has 0 saturated heterocycles. The van der Waals surface area contributed by atoms with Crippen molar-refractivity contribution in [3.8, 4) is 0 Å². The summed E-state index contributed by atoms with van der Waals surface area (Å²) in [5.74, 6) is 0. The van der Waals surface area contributed by atoms with Crippen LogP contribution >= 0.6 is 28.3 Å². The SMILES string of the molecule is Cl.[2H]C([2H])(O)CC1(N)c2cc(Br)ccc2CC12CCC(OC)CC2. The first-order valence-electron chi connectivity index (χ1n) is 8.52. The van der Waals surface area contributed by atoms with Crippen LogP contribution in [0.25, 0.3) is 0 Å². The van der Waals surface area contributed by atoms with Crippen molar-refractivity contribution in [2.45, 2.75) is 50.2 Å². The fourth-order valence-electron chi connectivity index (χ4n) is 4.34. The number of nitrogens with two attached hydrogens (primary N) is 1. The summed E-state index contributed by atoms with van der Waals surface area (Å²) in [4.78, 5) is 0. The molecule has 0 radical (unpaired) electrons. The van der Waals surface area contributed by atoms with E-state index in [1.165, 1.54) is 5.56 Å². The van der Waals surface area contributed by atoms with Gasteiger partial charge in [0.15, 0.2) is 0 Å². The predicted molar refractivity (Wildman–Crippen MR) is 94.4 cm³/mol. The largest absolute Gasteiger partial charge is 0.396 e. The Balaban J connectivity index is 0.00000208. The van der Waals surface area contributed by atoms with Crippen LogP contribution < -0.4 is 5.73 Å². The molecule has 124 valence electrons. The number of fused-ring (bicyclic) bond motifs is 1. The number of rotatable bonds is 3. The molecule has 3 nitrogen and oxygen atoms in total. The molecule has 0 aromatic heterocycles. The van der Waals surface area contributed by atoms with E-state index in [1.54, 1.807) is 7.11 Å². The molecule has 0 heterocycles. The number of aliphatic hydroxyl groups is 1. The van der Waals surface area contributed by atoms with Gasteiger partial charge in [-0.2, -0.15) is 0 Å². The Labute approximate surface area is 150 Å². The molecule has 22 heavy (non-hydrogen) atoms. The van der Waals surface area contributed by atoms with E-state index >= 15 is 0 Å². The number of hydrogen-bond acceptors (Lipinski definition) is 3. The maximum atomic E-state index is 9.87. The minimum absolute atomic E-state index is 0. The zero-order valence-corrected chi connectivity index (χ0v) is 15.2. The van der Waals surface area contributed by atoms with Gasteiger partial charge in [-0.3, -0.25) is 0 Å². The molecule has 5 heteroatoms. The van der Waals surface area contributed by atoms with Crippen molar-refractivity contribution in [2.75, 3.05) is 13.7 Å². The second-order valence-corrected chi connectivity index (χ2v) is 7.42. The van der Waals surface area contributed by atoms with Gasteiger partial charge in [-0.25, -0.2) is 0 Å². The first-order valence-corrected chi connectivity index (χ1v) is 8.31. The Kier molecular flexibility index (Phi) is 4.74. The Bertz CT molecular complexity index is 603. The van der Waals surface area contributed by atoms with E-state index < -0.39 is 12.1 Å². The van der Waals surface area contributed by atoms with Crippen molar-refractivity contribution < 1.29 is 12.6 Å². The molecule has 1 aromatic rings. The van der Waals surface area contributed by atoms with Crippen molar-refractivity contribution >= 4 is 28.3 Å². The standard InChI is InChI=1S/C17H24BrNO2.ClH/c1-21-14-4-6-16(7-5-14)11-12-2-3-13(18)10-15(12)17(16,19)8-9-20;/h2-3,10,14,20H,4-9,11,19H2,1H3;1H/i9D2;. The second-order valence-electron chi connectivity index (χ2n) is 6.50. The minimum atomic E-state index is -2.29. The Morgan fingerprint density at radius 2 is 2.14 bits per heavy atom. The monoisotopic (exact) mass is 391 g/mol. The van der Waals surface area contributed by atoms with Crippen molar-refractivity contribution in [3.05, 3.63) is 33.8 Å². The summed E-state index contributed by atoms with van der Waals surface area (Å²) in [6.45, 7) is -2.29. The highest BCUT2D eigenvalue weighted by molar-refractivity contribution is 9.10. The summed E-state index contributed by atoms with van der Waals surface area (Å²) in [5.41, 5.74) is 7.95. The van der Waals surface area contributed by atoms with Crippen LogP contribution in [0.2, 0.25) is 0 Å². The Hall–Kier alpha value is -0.130. The number of ether oxygens (including phenoxy) is 1. The van der Waals surface area contributed by atoms with Crippen molar-refractivity contribution in [2.24, 2.45) is 11.1 Å².